The van der Waals surface area contributed by atoms with E-state index in [9.17, 15) is 14.7 Å². The predicted molar refractivity (Wildman–Crippen MR) is 150 cm³/mol. The van der Waals surface area contributed by atoms with Gasteiger partial charge in [0.25, 0.3) is 11.7 Å². The lowest BCUT2D eigenvalue weighted by molar-refractivity contribution is -0.140. The van der Waals surface area contributed by atoms with Crippen molar-refractivity contribution < 1.29 is 28.9 Å². The standard InChI is InChI=1S/C32H35NO6/c1-4-17-38-27-15-14-25(19-22(27)2)30(34)28-29(33(16-9-18-37-3)32(36)31(28)35)24-12-8-13-26(20-24)39-21-23-10-6-5-7-11-23/h5-8,10-15,19-20,29,34H,4,9,16-18,21H2,1-3H3/b30-28+. The van der Waals surface area contributed by atoms with Gasteiger partial charge in [-0.2, -0.15) is 0 Å². The third-order valence-electron chi connectivity index (χ3n) is 6.62. The maximum Gasteiger partial charge on any atom is 0.295 e. The minimum atomic E-state index is -0.765. The summed E-state index contributed by atoms with van der Waals surface area (Å²) in [5.41, 5.74) is 3.04. The van der Waals surface area contributed by atoms with E-state index in [1.54, 1.807) is 25.3 Å². The van der Waals surface area contributed by atoms with E-state index < -0.39 is 17.7 Å². The second-order valence-electron chi connectivity index (χ2n) is 9.51. The summed E-state index contributed by atoms with van der Waals surface area (Å²) in [4.78, 5) is 28.1. The second-order valence-corrected chi connectivity index (χ2v) is 9.51. The van der Waals surface area contributed by atoms with Crippen LogP contribution in [0.2, 0.25) is 0 Å². The number of hydrogen-bond acceptors (Lipinski definition) is 6. The normalized spacial score (nSPS) is 16.5. The molecule has 1 aliphatic heterocycles. The van der Waals surface area contributed by atoms with Crippen LogP contribution in [-0.2, 0) is 20.9 Å². The molecule has 7 heteroatoms. The third-order valence-corrected chi connectivity index (χ3v) is 6.62. The highest BCUT2D eigenvalue weighted by Crippen LogP contribution is 2.40. The van der Waals surface area contributed by atoms with Crippen LogP contribution in [0.25, 0.3) is 5.76 Å². The number of rotatable bonds is 12. The first-order valence-corrected chi connectivity index (χ1v) is 13.2. The van der Waals surface area contributed by atoms with Gasteiger partial charge in [-0.1, -0.05) is 49.4 Å². The van der Waals surface area contributed by atoms with Crippen molar-refractivity contribution in [3.63, 3.8) is 0 Å². The van der Waals surface area contributed by atoms with Crippen molar-refractivity contribution in [2.24, 2.45) is 0 Å². The molecular formula is C32H35NO6. The third kappa shape index (κ3) is 6.49. The van der Waals surface area contributed by atoms with Crippen LogP contribution in [0.15, 0.2) is 78.4 Å². The Morgan fingerprint density at radius 1 is 0.949 bits per heavy atom. The largest absolute Gasteiger partial charge is 0.507 e. The summed E-state index contributed by atoms with van der Waals surface area (Å²) in [5, 5.41) is 11.4. The Morgan fingerprint density at radius 2 is 1.74 bits per heavy atom. The van der Waals surface area contributed by atoms with Crippen LogP contribution in [0.5, 0.6) is 11.5 Å². The topological polar surface area (TPSA) is 85.3 Å². The first-order valence-electron chi connectivity index (χ1n) is 13.2. The molecule has 3 aromatic carbocycles. The number of amides is 1. The Balaban J connectivity index is 1.72. The number of Topliss-reactive ketones (excluding diaryl/α,β-unsaturated/α-hetero) is 1. The number of carbonyl (C=O) groups excluding carboxylic acids is 2. The van der Waals surface area contributed by atoms with Crippen LogP contribution < -0.4 is 9.47 Å². The fourth-order valence-electron chi connectivity index (χ4n) is 4.68. The van der Waals surface area contributed by atoms with Crippen LogP contribution in [0.4, 0.5) is 0 Å². The van der Waals surface area contributed by atoms with Gasteiger partial charge >= 0.3 is 0 Å². The fraction of sp³-hybridized carbons (Fsp3) is 0.312. The molecule has 1 saturated heterocycles. The number of ether oxygens (including phenoxy) is 3. The van der Waals surface area contributed by atoms with Crippen LogP contribution in [0.3, 0.4) is 0 Å². The van der Waals surface area contributed by atoms with Gasteiger partial charge in [0.05, 0.1) is 18.2 Å². The number of benzene rings is 3. The number of aliphatic hydroxyl groups excluding tert-OH is 1. The first-order chi connectivity index (χ1) is 18.9. The maximum absolute atomic E-state index is 13.3. The molecule has 1 atom stereocenters. The fourth-order valence-corrected chi connectivity index (χ4v) is 4.68. The highest BCUT2D eigenvalue weighted by atomic mass is 16.5. The number of aryl methyl sites for hydroxylation is 1. The number of carbonyl (C=O) groups is 2. The van der Waals surface area contributed by atoms with Crippen molar-refractivity contribution in [1.82, 2.24) is 4.90 Å². The number of ketones is 1. The first kappa shape index (κ1) is 27.9. The Hall–Kier alpha value is -4.10. The van der Waals surface area contributed by atoms with Crippen molar-refractivity contribution in [2.45, 2.75) is 39.3 Å². The molecule has 7 nitrogen and oxygen atoms in total. The average molecular weight is 530 g/mol. The Kier molecular flexibility index (Phi) is 9.39. The summed E-state index contributed by atoms with van der Waals surface area (Å²) >= 11 is 0. The molecular weight excluding hydrogens is 494 g/mol. The van der Waals surface area contributed by atoms with Crippen LogP contribution >= 0.6 is 0 Å². The van der Waals surface area contributed by atoms with Gasteiger partial charge in [-0.3, -0.25) is 9.59 Å². The molecule has 1 unspecified atom stereocenters. The molecule has 0 radical (unpaired) electrons. The molecule has 39 heavy (non-hydrogen) atoms. The van der Waals surface area contributed by atoms with E-state index in [1.807, 2.05) is 68.4 Å². The summed E-state index contributed by atoms with van der Waals surface area (Å²) in [7, 11) is 1.59. The minimum absolute atomic E-state index is 0.0549. The quantitative estimate of drug-likeness (QED) is 0.138. The van der Waals surface area contributed by atoms with E-state index in [0.29, 0.717) is 55.4 Å². The lowest BCUT2D eigenvalue weighted by atomic mass is 9.94. The van der Waals surface area contributed by atoms with Crippen molar-refractivity contribution in [3.8, 4) is 11.5 Å². The van der Waals surface area contributed by atoms with Crippen molar-refractivity contribution in [2.75, 3.05) is 26.9 Å². The highest BCUT2D eigenvalue weighted by molar-refractivity contribution is 6.46. The number of likely N-dealkylation sites (tertiary alicyclic amines) is 1. The Morgan fingerprint density at radius 3 is 2.46 bits per heavy atom. The van der Waals surface area contributed by atoms with Crippen molar-refractivity contribution in [3.05, 3.63) is 101 Å². The molecule has 3 aromatic rings. The molecule has 4 rings (SSSR count). The average Bonchev–Trinajstić information content (AvgIpc) is 3.21. The molecule has 0 saturated carbocycles. The molecule has 1 N–H and O–H groups in total. The molecule has 0 bridgehead atoms. The summed E-state index contributed by atoms with van der Waals surface area (Å²) in [5.74, 6) is -0.254. The Labute approximate surface area is 229 Å². The van der Waals surface area contributed by atoms with E-state index in [-0.39, 0.29) is 11.3 Å². The zero-order valence-corrected chi connectivity index (χ0v) is 22.7. The summed E-state index contributed by atoms with van der Waals surface area (Å²) < 4.78 is 17.0. The van der Waals surface area contributed by atoms with Gasteiger partial charge in [0, 0.05) is 25.8 Å². The second kappa shape index (κ2) is 13.1. The van der Waals surface area contributed by atoms with E-state index in [1.165, 1.54) is 4.90 Å². The summed E-state index contributed by atoms with van der Waals surface area (Å²) in [6.45, 7) is 5.62. The van der Waals surface area contributed by atoms with Gasteiger partial charge < -0.3 is 24.2 Å². The zero-order valence-electron chi connectivity index (χ0n) is 22.7. The minimum Gasteiger partial charge on any atom is -0.507 e. The van der Waals surface area contributed by atoms with Crippen LogP contribution in [0, 0.1) is 6.92 Å². The molecule has 0 aromatic heterocycles. The van der Waals surface area contributed by atoms with Gasteiger partial charge in [0.15, 0.2) is 0 Å². The molecule has 1 fully saturated rings. The van der Waals surface area contributed by atoms with Gasteiger partial charge in [-0.25, -0.2) is 0 Å². The molecule has 1 aliphatic rings. The predicted octanol–water partition coefficient (Wildman–Crippen LogP) is 5.82. The monoisotopic (exact) mass is 529 g/mol. The lowest BCUT2D eigenvalue weighted by Gasteiger charge is -2.25. The van der Waals surface area contributed by atoms with Crippen LogP contribution in [0.1, 0.15) is 48.1 Å². The number of hydrogen-bond donors (Lipinski definition) is 1. The number of aliphatic hydroxyl groups is 1. The highest BCUT2D eigenvalue weighted by Gasteiger charge is 2.46. The maximum atomic E-state index is 13.3. The van der Waals surface area contributed by atoms with E-state index in [0.717, 1.165) is 17.5 Å². The smallest absolute Gasteiger partial charge is 0.295 e. The van der Waals surface area contributed by atoms with Gasteiger partial charge in [0.2, 0.25) is 0 Å². The zero-order chi connectivity index (χ0) is 27.8. The molecule has 1 amide bonds. The van der Waals surface area contributed by atoms with Gasteiger partial charge in [-0.15, -0.1) is 0 Å². The molecule has 0 aliphatic carbocycles. The molecule has 1 heterocycles. The van der Waals surface area contributed by atoms with E-state index in [2.05, 4.69) is 0 Å². The summed E-state index contributed by atoms with van der Waals surface area (Å²) in [6, 6.07) is 21.6. The summed E-state index contributed by atoms with van der Waals surface area (Å²) in [6.07, 6.45) is 1.43. The van der Waals surface area contributed by atoms with E-state index >= 15 is 0 Å². The van der Waals surface area contributed by atoms with Gasteiger partial charge in [-0.05, 0) is 66.8 Å². The number of nitrogens with zero attached hydrogens (tertiary/aromatic N) is 1. The van der Waals surface area contributed by atoms with Gasteiger partial charge in [0.1, 0.15) is 23.9 Å². The SMILES string of the molecule is CCCOc1ccc(/C(O)=C2\C(=O)C(=O)N(CCCOC)C2c2cccc(OCc3ccccc3)c2)cc1C. The van der Waals surface area contributed by atoms with Crippen LogP contribution in [-0.4, -0.2) is 48.6 Å². The lowest BCUT2D eigenvalue weighted by Crippen LogP contribution is -2.31. The molecule has 204 valence electrons. The molecule has 0 spiro atoms. The van der Waals surface area contributed by atoms with E-state index in [4.69, 9.17) is 14.2 Å². The van der Waals surface area contributed by atoms with Crippen molar-refractivity contribution in [1.29, 1.82) is 0 Å². The Bertz CT molecular complexity index is 1330. The van der Waals surface area contributed by atoms with Crippen molar-refractivity contribution >= 4 is 17.4 Å². The number of methoxy groups -OCH3 is 1.